The third-order valence-corrected chi connectivity index (χ3v) is 6.51. The molecule has 2 amide bonds. The number of ether oxygens (including phenoxy) is 1. The Labute approximate surface area is 198 Å². The average molecular weight is 467 g/mol. The lowest BCUT2D eigenvalue weighted by molar-refractivity contribution is -0.119. The van der Waals surface area contributed by atoms with Crippen LogP contribution in [0.5, 0.6) is 0 Å². The van der Waals surface area contributed by atoms with E-state index in [9.17, 15) is 14.0 Å². The fourth-order valence-corrected chi connectivity index (χ4v) is 4.57. The second-order valence-corrected chi connectivity index (χ2v) is 8.85. The maximum Gasteiger partial charge on any atom is 0.260 e. The highest BCUT2D eigenvalue weighted by atomic mass is 19.1. The van der Waals surface area contributed by atoms with E-state index in [1.165, 1.54) is 31.0 Å². The Balaban J connectivity index is 1.60. The van der Waals surface area contributed by atoms with Crippen LogP contribution in [0.4, 0.5) is 16.0 Å². The molecule has 1 saturated carbocycles. The lowest BCUT2D eigenvalue weighted by Crippen LogP contribution is -2.27. The molecule has 1 aliphatic rings. The quantitative estimate of drug-likeness (QED) is 0.450. The summed E-state index contributed by atoms with van der Waals surface area (Å²) in [6.45, 7) is 1.11. The van der Waals surface area contributed by atoms with Crippen molar-refractivity contribution in [3.8, 4) is 0 Å². The molecule has 0 spiro atoms. The van der Waals surface area contributed by atoms with Gasteiger partial charge in [-0.25, -0.2) is 9.37 Å². The molecule has 34 heavy (non-hydrogen) atoms. The predicted molar refractivity (Wildman–Crippen MR) is 131 cm³/mol. The van der Waals surface area contributed by atoms with Crippen LogP contribution in [-0.4, -0.2) is 42.1 Å². The number of methoxy groups -OCH3 is 1. The first-order valence-corrected chi connectivity index (χ1v) is 11.8. The van der Waals surface area contributed by atoms with Gasteiger partial charge in [-0.3, -0.25) is 14.9 Å². The summed E-state index contributed by atoms with van der Waals surface area (Å²) >= 11 is 0. The second kappa shape index (κ2) is 10.8. The highest BCUT2D eigenvalue weighted by Crippen LogP contribution is 2.30. The number of halogens is 1. The van der Waals surface area contributed by atoms with Crippen molar-refractivity contribution in [1.82, 2.24) is 9.55 Å². The minimum absolute atomic E-state index is 0.0454. The number of amides is 2. The van der Waals surface area contributed by atoms with Gasteiger partial charge in [0, 0.05) is 39.4 Å². The summed E-state index contributed by atoms with van der Waals surface area (Å²) in [5.41, 5.74) is 2.18. The molecule has 3 aromatic rings. The highest BCUT2D eigenvalue weighted by molar-refractivity contribution is 6.04. The van der Waals surface area contributed by atoms with Crippen LogP contribution >= 0.6 is 0 Å². The number of rotatable bonds is 9. The van der Waals surface area contributed by atoms with Gasteiger partial charge in [0.1, 0.15) is 5.82 Å². The van der Waals surface area contributed by atoms with Crippen LogP contribution in [0.15, 0.2) is 42.5 Å². The van der Waals surface area contributed by atoms with Crippen molar-refractivity contribution in [2.75, 3.05) is 31.0 Å². The molecule has 4 rings (SSSR count). The number of carbonyl (C=O) groups excluding carboxylic acids is 2. The summed E-state index contributed by atoms with van der Waals surface area (Å²) in [6.07, 6.45) is 5.92. The molecule has 1 aliphatic carbocycles. The first kappa shape index (κ1) is 23.9. The molecule has 0 unspecified atom stereocenters. The van der Waals surface area contributed by atoms with Gasteiger partial charge in [0.05, 0.1) is 16.6 Å². The SMILES string of the molecule is COCCCn1c(NC(=O)c2ccccc2F)nc2cc(N(C)C(=O)CC3CCCC3)ccc21. The van der Waals surface area contributed by atoms with E-state index in [1.54, 1.807) is 25.1 Å². The number of carbonyl (C=O) groups is 2. The van der Waals surface area contributed by atoms with Crippen molar-refractivity contribution < 1.29 is 18.7 Å². The number of anilines is 2. The van der Waals surface area contributed by atoms with E-state index in [1.807, 2.05) is 22.8 Å². The molecule has 0 aliphatic heterocycles. The second-order valence-electron chi connectivity index (χ2n) is 8.85. The average Bonchev–Trinajstić information content (AvgIpc) is 3.46. The van der Waals surface area contributed by atoms with Crippen molar-refractivity contribution >= 4 is 34.5 Å². The minimum atomic E-state index is -0.591. The smallest absolute Gasteiger partial charge is 0.260 e. The third-order valence-electron chi connectivity index (χ3n) is 6.51. The minimum Gasteiger partial charge on any atom is -0.385 e. The molecule has 1 N–H and O–H groups in total. The van der Waals surface area contributed by atoms with E-state index < -0.39 is 11.7 Å². The zero-order chi connectivity index (χ0) is 24.1. The van der Waals surface area contributed by atoms with E-state index in [0.29, 0.717) is 43.4 Å². The molecule has 1 aromatic heterocycles. The zero-order valence-corrected chi connectivity index (χ0v) is 19.7. The number of aromatic nitrogens is 2. The summed E-state index contributed by atoms with van der Waals surface area (Å²) in [4.78, 5) is 31.9. The van der Waals surface area contributed by atoms with Gasteiger partial charge in [0.15, 0.2) is 0 Å². The molecule has 2 aromatic carbocycles. The van der Waals surface area contributed by atoms with Crippen LogP contribution in [-0.2, 0) is 16.1 Å². The van der Waals surface area contributed by atoms with Crippen molar-refractivity contribution in [3.63, 3.8) is 0 Å². The van der Waals surface area contributed by atoms with Crippen LogP contribution in [0.25, 0.3) is 11.0 Å². The van der Waals surface area contributed by atoms with E-state index in [-0.39, 0.29) is 11.5 Å². The maximum atomic E-state index is 14.1. The maximum absolute atomic E-state index is 14.1. The number of nitrogens with one attached hydrogen (secondary N) is 1. The van der Waals surface area contributed by atoms with Crippen LogP contribution in [0.3, 0.4) is 0 Å². The third kappa shape index (κ3) is 5.28. The van der Waals surface area contributed by atoms with Gasteiger partial charge in [0.25, 0.3) is 5.91 Å². The number of nitrogens with zero attached hydrogens (tertiary/aromatic N) is 3. The Hall–Kier alpha value is -3.26. The summed E-state index contributed by atoms with van der Waals surface area (Å²) < 4.78 is 21.2. The van der Waals surface area contributed by atoms with Gasteiger partial charge in [-0.2, -0.15) is 0 Å². The van der Waals surface area contributed by atoms with E-state index >= 15 is 0 Å². The zero-order valence-electron chi connectivity index (χ0n) is 19.7. The number of imidazole rings is 1. The molecule has 180 valence electrons. The summed E-state index contributed by atoms with van der Waals surface area (Å²) in [6, 6.07) is 11.5. The molecule has 1 fully saturated rings. The van der Waals surface area contributed by atoms with E-state index in [2.05, 4.69) is 10.3 Å². The standard InChI is InChI=1S/C26H31FN4O3/c1-30(24(32)16-18-8-3-4-9-18)19-12-13-23-22(17-19)28-26(31(23)14-7-15-34-2)29-25(33)20-10-5-6-11-21(20)27/h5-6,10-13,17-18H,3-4,7-9,14-16H2,1-2H3,(H,28,29,33). The van der Waals surface area contributed by atoms with Crippen molar-refractivity contribution in [1.29, 1.82) is 0 Å². The summed E-state index contributed by atoms with van der Waals surface area (Å²) in [5, 5.41) is 2.76. The van der Waals surface area contributed by atoms with Gasteiger partial charge in [0.2, 0.25) is 11.9 Å². The van der Waals surface area contributed by atoms with Crippen LogP contribution < -0.4 is 10.2 Å². The number of hydrogen-bond donors (Lipinski definition) is 1. The molecular weight excluding hydrogens is 435 g/mol. The number of fused-ring (bicyclic) bond motifs is 1. The lowest BCUT2D eigenvalue weighted by Gasteiger charge is -2.19. The Morgan fingerprint density at radius 3 is 2.71 bits per heavy atom. The van der Waals surface area contributed by atoms with Crippen molar-refractivity contribution in [2.45, 2.75) is 45.1 Å². The fraction of sp³-hybridized carbons (Fsp3) is 0.423. The normalized spacial score (nSPS) is 14.0. The number of benzene rings is 2. The summed E-state index contributed by atoms with van der Waals surface area (Å²) in [7, 11) is 3.42. The predicted octanol–water partition coefficient (Wildman–Crippen LogP) is 5.01. The Bertz CT molecular complexity index is 1170. The van der Waals surface area contributed by atoms with Crippen molar-refractivity contribution in [3.05, 3.63) is 53.8 Å². The largest absolute Gasteiger partial charge is 0.385 e. The molecule has 7 nitrogen and oxygen atoms in total. The van der Waals surface area contributed by atoms with Crippen LogP contribution in [0.1, 0.15) is 48.9 Å². The Morgan fingerprint density at radius 2 is 1.97 bits per heavy atom. The number of hydrogen-bond acceptors (Lipinski definition) is 4. The first-order valence-electron chi connectivity index (χ1n) is 11.8. The molecule has 8 heteroatoms. The van der Waals surface area contributed by atoms with Crippen LogP contribution in [0, 0.1) is 11.7 Å². The highest BCUT2D eigenvalue weighted by Gasteiger charge is 2.22. The topological polar surface area (TPSA) is 76.5 Å². The van der Waals surface area contributed by atoms with Gasteiger partial charge < -0.3 is 14.2 Å². The molecule has 0 saturated heterocycles. The monoisotopic (exact) mass is 466 g/mol. The Morgan fingerprint density at radius 1 is 1.21 bits per heavy atom. The molecule has 0 bridgehead atoms. The molecule has 0 atom stereocenters. The van der Waals surface area contributed by atoms with Gasteiger partial charge in [-0.05, 0) is 55.5 Å². The molecule has 1 heterocycles. The molecule has 0 radical (unpaired) electrons. The lowest BCUT2D eigenvalue weighted by atomic mass is 10.0. The van der Waals surface area contributed by atoms with Gasteiger partial charge >= 0.3 is 0 Å². The number of aryl methyl sites for hydroxylation is 1. The fourth-order valence-electron chi connectivity index (χ4n) is 4.57. The van der Waals surface area contributed by atoms with E-state index in [0.717, 1.165) is 24.0 Å². The van der Waals surface area contributed by atoms with Gasteiger partial charge in [-0.15, -0.1) is 0 Å². The summed E-state index contributed by atoms with van der Waals surface area (Å²) in [5.74, 6) is -0.258. The van der Waals surface area contributed by atoms with Crippen molar-refractivity contribution in [2.24, 2.45) is 5.92 Å². The van der Waals surface area contributed by atoms with Crippen LogP contribution in [0.2, 0.25) is 0 Å². The van der Waals surface area contributed by atoms with Gasteiger partial charge in [-0.1, -0.05) is 25.0 Å². The molecular formula is C26H31FN4O3. The Kier molecular flexibility index (Phi) is 7.57. The first-order chi connectivity index (χ1) is 16.5. The van der Waals surface area contributed by atoms with E-state index in [4.69, 9.17) is 4.74 Å².